The van der Waals surface area contributed by atoms with Gasteiger partial charge in [-0.1, -0.05) is 47.1 Å². The number of hydrogen-bond donors (Lipinski definition) is 1. The highest BCUT2D eigenvalue weighted by atomic mass is 79.9. The van der Waals surface area contributed by atoms with Crippen LogP contribution < -0.4 is 0 Å². The largest absolute Gasteiger partial charge is 0.390 e. The first-order chi connectivity index (χ1) is 8.61. The summed E-state index contributed by atoms with van der Waals surface area (Å²) in [6.45, 7) is 4.77. The Morgan fingerprint density at radius 3 is 2.50 bits per heavy atom. The van der Waals surface area contributed by atoms with Gasteiger partial charge < -0.3 is 5.11 Å². The van der Waals surface area contributed by atoms with Crippen molar-refractivity contribution in [1.82, 2.24) is 15.0 Å². The van der Waals surface area contributed by atoms with Crippen molar-refractivity contribution >= 4 is 15.9 Å². The van der Waals surface area contributed by atoms with E-state index in [-0.39, 0.29) is 12.5 Å². The molecule has 0 amide bonds. The number of hydrogen-bond acceptors (Lipinski definition) is 3. The summed E-state index contributed by atoms with van der Waals surface area (Å²) in [4.78, 5) is 0. The summed E-state index contributed by atoms with van der Waals surface area (Å²) in [5.74, 6) is 0.289. The molecule has 96 valence electrons. The van der Waals surface area contributed by atoms with Gasteiger partial charge in [-0.05, 0) is 23.6 Å². The van der Waals surface area contributed by atoms with Gasteiger partial charge in [0.1, 0.15) is 5.69 Å². The second-order valence-corrected chi connectivity index (χ2v) is 5.43. The first kappa shape index (κ1) is 13.2. The molecule has 0 aliphatic carbocycles. The van der Waals surface area contributed by atoms with E-state index < -0.39 is 0 Å². The zero-order valence-electron chi connectivity index (χ0n) is 10.5. The minimum atomic E-state index is -0.0617. The van der Waals surface area contributed by atoms with Crippen molar-refractivity contribution in [2.24, 2.45) is 0 Å². The molecule has 2 rings (SSSR count). The number of aromatic nitrogens is 3. The maximum absolute atomic E-state index is 9.26. The molecule has 1 aromatic carbocycles. The number of rotatable bonds is 4. The lowest BCUT2D eigenvalue weighted by Crippen LogP contribution is -2.09. The highest BCUT2D eigenvalue weighted by molar-refractivity contribution is 9.10. The summed E-state index contributed by atoms with van der Waals surface area (Å²) in [6, 6.07) is 8.12. The van der Waals surface area contributed by atoms with Crippen molar-refractivity contribution in [3.63, 3.8) is 0 Å². The van der Waals surface area contributed by atoms with Gasteiger partial charge in [0.25, 0.3) is 0 Å². The van der Waals surface area contributed by atoms with Crippen LogP contribution in [0.1, 0.15) is 36.7 Å². The van der Waals surface area contributed by atoms with Gasteiger partial charge in [-0.3, -0.25) is 0 Å². The van der Waals surface area contributed by atoms with Crippen LogP contribution in [-0.2, 0) is 13.2 Å². The van der Waals surface area contributed by atoms with Gasteiger partial charge in [0, 0.05) is 4.47 Å². The Labute approximate surface area is 115 Å². The Bertz CT molecular complexity index is 520. The molecule has 0 aliphatic heterocycles. The van der Waals surface area contributed by atoms with Crippen molar-refractivity contribution < 1.29 is 5.11 Å². The van der Waals surface area contributed by atoms with Gasteiger partial charge in [-0.15, -0.1) is 5.10 Å². The van der Waals surface area contributed by atoms with Gasteiger partial charge in [0.2, 0.25) is 0 Å². The molecule has 0 radical (unpaired) electrons. The van der Waals surface area contributed by atoms with Crippen LogP contribution in [0.2, 0.25) is 0 Å². The number of halogens is 1. The quantitative estimate of drug-likeness (QED) is 0.944. The van der Waals surface area contributed by atoms with E-state index in [0.717, 1.165) is 15.7 Å². The molecule has 1 N–H and O–H groups in total. The Hall–Kier alpha value is -1.20. The van der Waals surface area contributed by atoms with Crippen LogP contribution in [0.5, 0.6) is 0 Å². The molecule has 0 bridgehead atoms. The first-order valence-corrected chi connectivity index (χ1v) is 6.68. The molecule has 0 spiro atoms. The molecule has 18 heavy (non-hydrogen) atoms. The van der Waals surface area contributed by atoms with Crippen LogP contribution in [0.25, 0.3) is 0 Å². The molecule has 0 saturated carbocycles. The van der Waals surface area contributed by atoms with Crippen molar-refractivity contribution in [1.29, 1.82) is 0 Å². The van der Waals surface area contributed by atoms with E-state index in [4.69, 9.17) is 0 Å². The fourth-order valence-electron chi connectivity index (χ4n) is 1.98. The fourth-order valence-corrected chi connectivity index (χ4v) is 2.24. The highest BCUT2D eigenvalue weighted by Crippen LogP contribution is 2.19. The predicted octanol–water partition coefficient (Wildman–Crippen LogP) is 2.70. The molecule has 4 nitrogen and oxygen atoms in total. The first-order valence-electron chi connectivity index (χ1n) is 5.89. The zero-order chi connectivity index (χ0) is 13.1. The molecule has 0 atom stereocenters. The number of aliphatic hydroxyl groups is 1. The average Bonchev–Trinajstić information content (AvgIpc) is 2.75. The molecule has 1 heterocycles. The molecule has 2 aromatic rings. The average molecular weight is 310 g/mol. The normalized spacial score (nSPS) is 11.2. The summed E-state index contributed by atoms with van der Waals surface area (Å²) >= 11 is 3.42. The third kappa shape index (κ3) is 2.79. The SMILES string of the molecule is CC(C)c1c(CO)nnn1Cc1ccc(Br)cc1. The van der Waals surface area contributed by atoms with Gasteiger partial charge in [0.05, 0.1) is 18.8 Å². The summed E-state index contributed by atoms with van der Waals surface area (Å²) in [5, 5.41) is 17.4. The summed E-state index contributed by atoms with van der Waals surface area (Å²) < 4.78 is 2.92. The summed E-state index contributed by atoms with van der Waals surface area (Å²) in [7, 11) is 0. The Morgan fingerprint density at radius 2 is 1.94 bits per heavy atom. The molecule has 0 unspecified atom stereocenters. The predicted molar refractivity (Wildman–Crippen MR) is 73.3 cm³/mol. The van der Waals surface area contributed by atoms with E-state index >= 15 is 0 Å². The van der Waals surface area contributed by atoms with Gasteiger partial charge in [-0.25, -0.2) is 4.68 Å². The van der Waals surface area contributed by atoms with E-state index in [2.05, 4.69) is 52.2 Å². The van der Waals surface area contributed by atoms with Crippen molar-refractivity contribution in [2.75, 3.05) is 0 Å². The van der Waals surface area contributed by atoms with E-state index in [1.165, 1.54) is 0 Å². The van der Waals surface area contributed by atoms with E-state index in [9.17, 15) is 5.11 Å². The molecule has 0 saturated heterocycles. The molecule has 0 fully saturated rings. The molecule has 1 aromatic heterocycles. The highest BCUT2D eigenvalue weighted by Gasteiger charge is 2.15. The maximum atomic E-state index is 9.26. The van der Waals surface area contributed by atoms with Crippen LogP contribution in [0.4, 0.5) is 0 Å². The van der Waals surface area contributed by atoms with Crippen LogP contribution in [-0.4, -0.2) is 20.1 Å². The summed E-state index contributed by atoms with van der Waals surface area (Å²) in [5.41, 5.74) is 2.83. The zero-order valence-corrected chi connectivity index (χ0v) is 12.1. The number of benzene rings is 1. The Balaban J connectivity index is 2.28. The summed E-state index contributed by atoms with van der Waals surface area (Å²) in [6.07, 6.45) is 0. The van der Waals surface area contributed by atoms with Crippen molar-refractivity contribution in [3.8, 4) is 0 Å². The lowest BCUT2D eigenvalue weighted by Gasteiger charge is -2.10. The minimum absolute atomic E-state index is 0.0617. The number of nitrogens with zero attached hydrogens (tertiary/aromatic N) is 3. The Morgan fingerprint density at radius 1 is 1.28 bits per heavy atom. The standard InChI is InChI=1S/C13H16BrN3O/c1-9(2)13-12(8-18)15-16-17(13)7-10-3-5-11(14)6-4-10/h3-6,9,18H,7-8H2,1-2H3. The van der Waals surface area contributed by atoms with Gasteiger partial charge >= 0.3 is 0 Å². The second kappa shape index (κ2) is 5.63. The second-order valence-electron chi connectivity index (χ2n) is 4.52. The topological polar surface area (TPSA) is 50.9 Å². The molecule has 5 heteroatoms. The van der Waals surface area contributed by atoms with Crippen molar-refractivity contribution in [3.05, 3.63) is 45.7 Å². The van der Waals surface area contributed by atoms with Gasteiger partial charge in [-0.2, -0.15) is 0 Å². The van der Waals surface area contributed by atoms with Crippen LogP contribution in [0, 0.1) is 0 Å². The number of aliphatic hydroxyl groups excluding tert-OH is 1. The molecular weight excluding hydrogens is 294 g/mol. The lowest BCUT2D eigenvalue weighted by molar-refractivity contribution is 0.275. The smallest absolute Gasteiger partial charge is 0.112 e. The minimum Gasteiger partial charge on any atom is -0.390 e. The van der Waals surface area contributed by atoms with E-state index in [1.54, 1.807) is 0 Å². The third-order valence-electron chi connectivity index (χ3n) is 2.79. The van der Waals surface area contributed by atoms with Crippen molar-refractivity contribution in [2.45, 2.75) is 32.9 Å². The maximum Gasteiger partial charge on any atom is 0.112 e. The third-order valence-corrected chi connectivity index (χ3v) is 3.32. The van der Waals surface area contributed by atoms with E-state index in [0.29, 0.717) is 12.2 Å². The van der Waals surface area contributed by atoms with Crippen LogP contribution >= 0.6 is 15.9 Å². The Kier molecular flexibility index (Phi) is 4.14. The van der Waals surface area contributed by atoms with E-state index in [1.807, 2.05) is 16.8 Å². The molecular formula is C13H16BrN3O. The molecule has 0 aliphatic rings. The fraction of sp³-hybridized carbons (Fsp3) is 0.385. The van der Waals surface area contributed by atoms with Gasteiger partial charge in [0.15, 0.2) is 0 Å². The lowest BCUT2D eigenvalue weighted by atomic mass is 10.1. The monoisotopic (exact) mass is 309 g/mol. The van der Waals surface area contributed by atoms with Crippen LogP contribution in [0.3, 0.4) is 0 Å². The van der Waals surface area contributed by atoms with Crippen LogP contribution in [0.15, 0.2) is 28.7 Å².